The number of anilines is 1. The van der Waals surface area contributed by atoms with E-state index in [2.05, 4.69) is 15.4 Å². The van der Waals surface area contributed by atoms with Crippen molar-refractivity contribution in [2.75, 3.05) is 26.0 Å². The van der Waals surface area contributed by atoms with Gasteiger partial charge in [0, 0.05) is 33.3 Å². The van der Waals surface area contributed by atoms with Gasteiger partial charge >= 0.3 is 0 Å². The number of rotatable bonds is 4. The van der Waals surface area contributed by atoms with Crippen molar-refractivity contribution in [2.45, 2.75) is 13.3 Å². The Bertz CT molecular complexity index is 561. The van der Waals surface area contributed by atoms with Gasteiger partial charge in [0.05, 0.1) is 0 Å². The molecular formula is C12H17N5O. The zero-order valence-electron chi connectivity index (χ0n) is 10.8. The summed E-state index contributed by atoms with van der Waals surface area (Å²) < 4.78 is 1.71. The van der Waals surface area contributed by atoms with Crippen LogP contribution in [0.1, 0.15) is 12.0 Å². The van der Waals surface area contributed by atoms with Gasteiger partial charge in [0.1, 0.15) is 0 Å². The summed E-state index contributed by atoms with van der Waals surface area (Å²) in [7, 11) is 3.49. The lowest BCUT2D eigenvalue weighted by Crippen LogP contribution is -2.24. The molecule has 1 amide bonds. The maximum Gasteiger partial charge on any atom is 0.243 e. The van der Waals surface area contributed by atoms with Crippen molar-refractivity contribution < 1.29 is 4.79 Å². The predicted octanol–water partition coefficient (Wildman–Crippen LogP) is 0.928. The molecule has 0 radical (unpaired) electrons. The molecule has 18 heavy (non-hydrogen) atoms. The Labute approximate surface area is 106 Å². The van der Waals surface area contributed by atoms with Crippen molar-refractivity contribution in [3.63, 3.8) is 0 Å². The third-order valence-electron chi connectivity index (χ3n) is 2.61. The zero-order valence-corrected chi connectivity index (χ0v) is 10.8. The molecule has 2 rings (SSSR count). The van der Waals surface area contributed by atoms with Crippen LogP contribution in [-0.4, -0.2) is 46.0 Å². The van der Waals surface area contributed by atoms with Crippen molar-refractivity contribution in [1.82, 2.24) is 19.5 Å². The average molecular weight is 247 g/mol. The van der Waals surface area contributed by atoms with Crippen LogP contribution in [0.15, 0.2) is 18.3 Å². The molecule has 0 saturated carbocycles. The Kier molecular flexibility index (Phi) is 3.45. The number of amides is 1. The Morgan fingerprint density at radius 1 is 1.50 bits per heavy atom. The Hall–Kier alpha value is -2.11. The normalized spacial score (nSPS) is 10.6. The van der Waals surface area contributed by atoms with E-state index in [4.69, 9.17) is 0 Å². The van der Waals surface area contributed by atoms with Gasteiger partial charge in [-0.15, -0.1) is 5.10 Å². The smallest absolute Gasteiger partial charge is 0.243 e. The molecule has 6 nitrogen and oxygen atoms in total. The van der Waals surface area contributed by atoms with Crippen LogP contribution >= 0.6 is 0 Å². The van der Waals surface area contributed by atoms with Crippen molar-refractivity contribution in [1.29, 1.82) is 0 Å². The number of aryl methyl sites for hydroxylation is 1. The third-order valence-corrected chi connectivity index (χ3v) is 2.61. The first kappa shape index (κ1) is 12.3. The quantitative estimate of drug-likeness (QED) is 0.873. The molecule has 2 aromatic heterocycles. The maximum atomic E-state index is 11.4. The summed E-state index contributed by atoms with van der Waals surface area (Å²) in [6.07, 6.45) is 2.30. The largest absolute Gasteiger partial charge is 0.352 e. The standard InChI is InChI=1S/C12H17N5O/c1-9-5-7-17-10(8-9)14-12(15-17)13-6-4-11(18)16(2)3/h5,7-8H,4,6H2,1-3H3,(H,13,15). The molecule has 0 saturated heterocycles. The van der Waals surface area contributed by atoms with Crippen LogP contribution in [0, 0.1) is 6.92 Å². The first-order valence-electron chi connectivity index (χ1n) is 5.83. The van der Waals surface area contributed by atoms with E-state index in [1.165, 1.54) is 0 Å². The van der Waals surface area contributed by atoms with Gasteiger partial charge in [0.15, 0.2) is 5.65 Å². The molecular weight excluding hydrogens is 230 g/mol. The highest BCUT2D eigenvalue weighted by Gasteiger charge is 2.06. The van der Waals surface area contributed by atoms with E-state index in [0.29, 0.717) is 18.9 Å². The number of hydrogen-bond acceptors (Lipinski definition) is 4. The monoisotopic (exact) mass is 247 g/mol. The van der Waals surface area contributed by atoms with Crippen LogP contribution in [-0.2, 0) is 4.79 Å². The molecule has 96 valence electrons. The lowest BCUT2D eigenvalue weighted by Gasteiger charge is -2.09. The van der Waals surface area contributed by atoms with Gasteiger partial charge in [-0.2, -0.15) is 4.98 Å². The van der Waals surface area contributed by atoms with Crippen LogP contribution in [0.25, 0.3) is 5.65 Å². The first-order valence-corrected chi connectivity index (χ1v) is 5.83. The van der Waals surface area contributed by atoms with Gasteiger partial charge in [-0.1, -0.05) is 0 Å². The highest BCUT2D eigenvalue weighted by molar-refractivity contribution is 5.76. The molecule has 0 spiro atoms. The molecule has 0 atom stereocenters. The average Bonchev–Trinajstić information content (AvgIpc) is 2.70. The van der Waals surface area contributed by atoms with E-state index in [1.807, 2.05) is 25.3 Å². The SMILES string of the molecule is Cc1ccn2nc(NCCC(=O)N(C)C)nc2c1. The van der Waals surface area contributed by atoms with E-state index in [9.17, 15) is 4.79 Å². The summed E-state index contributed by atoms with van der Waals surface area (Å²) in [4.78, 5) is 17.3. The molecule has 0 aliphatic carbocycles. The number of pyridine rings is 1. The molecule has 2 heterocycles. The summed E-state index contributed by atoms with van der Waals surface area (Å²) in [5, 5.41) is 7.31. The van der Waals surface area contributed by atoms with Crippen LogP contribution in [0.5, 0.6) is 0 Å². The molecule has 0 aliphatic heterocycles. The molecule has 1 N–H and O–H groups in total. The lowest BCUT2D eigenvalue weighted by atomic mass is 10.3. The summed E-state index contributed by atoms with van der Waals surface area (Å²) in [6, 6.07) is 3.93. The van der Waals surface area contributed by atoms with Crippen molar-refractivity contribution >= 4 is 17.5 Å². The maximum absolute atomic E-state index is 11.4. The highest BCUT2D eigenvalue weighted by Crippen LogP contribution is 2.07. The van der Waals surface area contributed by atoms with Gasteiger partial charge in [0.25, 0.3) is 0 Å². The Morgan fingerprint density at radius 2 is 2.28 bits per heavy atom. The van der Waals surface area contributed by atoms with E-state index in [-0.39, 0.29) is 5.91 Å². The summed E-state index contributed by atoms with van der Waals surface area (Å²) >= 11 is 0. The van der Waals surface area contributed by atoms with E-state index >= 15 is 0 Å². The number of hydrogen-bond donors (Lipinski definition) is 1. The molecule has 0 aromatic carbocycles. The summed E-state index contributed by atoms with van der Waals surface area (Å²) in [5.74, 6) is 0.634. The van der Waals surface area contributed by atoms with Gasteiger partial charge in [0.2, 0.25) is 11.9 Å². The second kappa shape index (κ2) is 5.03. The van der Waals surface area contributed by atoms with Crippen LogP contribution < -0.4 is 5.32 Å². The van der Waals surface area contributed by atoms with Crippen LogP contribution in [0.4, 0.5) is 5.95 Å². The van der Waals surface area contributed by atoms with Crippen LogP contribution in [0.2, 0.25) is 0 Å². The van der Waals surface area contributed by atoms with Crippen molar-refractivity contribution in [3.8, 4) is 0 Å². The summed E-state index contributed by atoms with van der Waals surface area (Å²) in [6.45, 7) is 2.55. The molecule has 0 unspecified atom stereocenters. The van der Waals surface area contributed by atoms with E-state index < -0.39 is 0 Å². The van der Waals surface area contributed by atoms with Gasteiger partial charge in [-0.25, -0.2) is 4.52 Å². The Balaban J connectivity index is 1.98. The zero-order chi connectivity index (χ0) is 13.1. The second-order valence-corrected chi connectivity index (χ2v) is 4.41. The van der Waals surface area contributed by atoms with Gasteiger partial charge < -0.3 is 10.2 Å². The third kappa shape index (κ3) is 2.77. The van der Waals surface area contributed by atoms with Crippen molar-refractivity contribution in [3.05, 3.63) is 23.9 Å². The first-order chi connectivity index (χ1) is 8.56. The topological polar surface area (TPSA) is 62.5 Å². The molecule has 0 bridgehead atoms. The van der Waals surface area contributed by atoms with Crippen molar-refractivity contribution in [2.24, 2.45) is 0 Å². The minimum Gasteiger partial charge on any atom is -0.352 e. The number of nitrogens with one attached hydrogen (secondary N) is 1. The van der Waals surface area contributed by atoms with E-state index in [0.717, 1.165) is 11.2 Å². The molecule has 0 fully saturated rings. The second-order valence-electron chi connectivity index (χ2n) is 4.41. The van der Waals surface area contributed by atoms with Gasteiger partial charge in [-0.05, 0) is 24.6 Å². The fourth-order valence-corrected chi connectivity index (χ4v) is 1.56. The Morgan fingerprint density at radius 3 is 3.00 bits per heavy atom. The number of nitrogens with zero attached hydrogens (tertiary/aromatic N) is 4. The molecule has 0 aliphatic rings. The van der Waals surface area contributed by atoms with Gasteiger partial charge in [-0.3, -0.25) is 4.79 Å². The minimum atomic E-state index is 0.0853. The predicted molar refractivity (Wildman–Crippen MR) is 69.5 cm³/mol. The number of carbonyl (C=O) groups is 1. The highest BCUT2D eigenvalue weighted by atomic mass is 16.2. The number of carbonyl (C=O) groups excluding carboxylic acids is 1. The number of aromatic nitrogens is 3. The summed E-state index contributed by atoms with van der Waals surface area (Å²) in [5.41, 5.74) is 1.95. The van der Waals surface area contributed by atoms with E-state index in [1.54, 1.807) is 23.5 Å². The number of fused-ring (bicyclic) bond motifs is 1. The fourth-order valence-electron chi connectivity index (χ4n) is 1.56. The molecule has 2 aromatic rings. The van der Waals surface area contributed by atoms with Crippen LogP contribution in [0.3, 0.4) is 0 Å². The lowest BCUT2D eigenvalue weighted by molar-refractivity contribution is -0.128. The molecule has 6 heteroatoms. The fraction of sp³-hybridized carbons (Fsp3) is 0.417. The minimum absolute atomic E-state index is 0.0853.